The van der Waals surface area contributed by atoms with Gasteiger partial charge < -0.3 is 10.4 Å². The summed E-state index contributed by atoms with van der Waals surface area (Å²) in [6.07, 6.45) is 0.443. The molecule has 5 nitrogen and oxygen atoms in total. The lowest BCUT2D eigenvalue weighted by atomic mass is 10.0. The number of halogens is 1. The Hall–Kier alpha value is -0.980. The lowest BCUT2D eigenvalue weighted by Gasteiger charge is -2.14. The number of benzene rings is 1. The molecule has 0 aromatic heterocycles. The van der Waals surface area contributed by atoms with Crippen LogP contribution in [0.5, 0.6) is 0 Å². The first-order valence-corrected chi connectivity index (χ1v) is 7.01. The maximum absolute atomic E-state index is 10.8. The minimum atomic E-state index is -0.399. The van der Waals surface area contributed by atoms with Gasteiger partial charge >= 0.3 is 0 Å². The molecule has 0 fully saturated rings. The second-order valence-corrected chi connectivity index (χ2v) is 5.72. The number of hydrogen-bond donors (Lipinski definition) is 2. The van der Waals surface area contributed by atoms with Gasteiger partial charge in [-0.1, -0.05) is 13.0 Å². The monoisotopic (exact) mass is 330 g/mol. The van der Waals surface area contributed by atoms with Gasteiger partial charge in [0.15, 0.2) is 0 Å². The topological polar surface area (TPSA) is 75.4 Å². The zero-order valence-electron chi connectivity index (χ0n) is 11.1. The van der Waals surface area contributed by atoms with Crippen LogP contribution in [0.25, 0.3) is 0 Å². The summed E-state index contributed by atoms with van der Waals surface area (Å²) in [4.78, 5) is 10.4. The third kappa shape index (κ3) is 5.67. The molecule has 0 bridgehead atoms. The first-order chi connectivity index (χ1) is 8.90. The molecule has 1 aromatic rings. The van der Waals surface area contributed by atoms with Crippen molar-refractivity contribution < 1.29 is 10.0 Å². The molecule has 2 unspecified atom stereocenters. The van der Waals surface area contributed by atoms with Crippen LogP contribution in [-0.2, 0) is 6.54 Å². The number of nitro groups is 1. The van der Waals surface area contributed by atoms with Gasteiger partial charge in [0, 0.05) is 12.6 Å². The van der Waals surface area contributed by atoms with Crippen LogP contribution in [0.2, 0.25) is 0 Å². The molecule has 6 heteroatoms. The molecule has 1 aromatic carbocycles. The Morgan fingerprint density at radius 3 is 2.74 bits per heavy atom. The molecule has 106 valence electrons. The molecule has 1 rings (SSSR count). The van der Waals surface area contributed by atoms with Crippen molar-refractivity contribution in [2.24, 2.45) is 5.92 Å². The van der Waals surface area contributed by atoms with Crippen LogP contribution >= 0.6 is 15.9 Å². The normalized spacial score (nSPS) is 14.1. The molecule has 0 saturated carbocycles. The minimum Gasteiger partial charge on any atom is -0.393 e. The van der Waals surface area contributed by atoms with E-state index in [0.717, 1.165) is 18.5 Å². The molecule has 2 N–H and O–H groups in total. The fourth-order valence-electron chi connectivity index (χ4n) is 1.94. The van der Waals surface area contributed by atoms with E-state index in [0.29, 0.717) is 16.9 Å². The van der Waals surface area contributed by atoms with Crippen molar-refractivity contribution in [3.8, 4) is 0 Å². The van der Waals surface area contributed by atoms with Crippen molar-refractivity contribution in [2.45, 2.75) is 32.9 Å². The molecular formula is C13H19BrN2O3. The fourth-order valence-corrected chi connectivity index (χ4v) is 2.33. The highest BCUT2D eigenvalue weighted by atomic mass is 79.9. The third-order valence-electron chi connectivity index (χ3n) is 2.77. The number of nitro benzene ring substituents is 1. The number of hydrogen-bond acceptors (Lipinski definition) is 4. The van der Waals surface area contributed by atoms with Crippen molar-refractivity contribution in [2.75, 3.05) is 6.54 Å². The summed E-state index contributed by atoms with van der Waals surface area (Å²) >= 11 is 3.16. The van der Waals surface area contributed by atoms with Crippen molar-refractivity contribution in [3.63, 3.8) is 0 Å². The van der Waals surface area contributed by atoms with Gasteiger partial charge in [-0.3, -0.25) is 10.1 Å². The highest BCUT2D eigenvalue weighted by Gasteiger charge is 2.12. The number of aliphatic hydroxyl groups is 1. The summed E-state index contributed by atoms with van der Waals surface area (Å²) in [6, 6.07) is 5.11. The molecule has 0 aliphatic rings. The van der Waals surface area contributed by atoms with E-state index in [-0.39, 0.29) is 11.8 Å². The molecular weight excluding hydrogens is 312 g/mol. The Kier molecular flexibility index (Phi) is 6.41. The summed E-state index contributed by atoms with van der Waals surface area (Å²) in [5.41, 5.74) is 0.954. The first kappa shape index (κ1) is 16.1. The van der Waals surface area contributed by atoms with Gasteiger partial charge in [0.2, 0.25) is 0 Å². The molecule has 0 spiro atoms. The molecule has 0 radical (unpaired) electrons. The van der Waals surface area contributed by atoms with Crippen molar-refractivity contribution in [3.05, 3.63) is 38.3 Å². The smallest absolute Gasteiger partial charge is 0.283 e. The zero-order valence-corrected chi connectivity index (χ0v) is 12.7. The van der Waals surface area contributed by atoms with Crippen LogP contribution in [0.3, 0.4) is 0 Å². The SMILES string of the molecule is CC(O)CC(C)CNCc1ccc(Br)c([N+](=O)[O-])c1. The van der Waals surface area contributed by atoms with E-state index >= 15 is 0 Å². The van der Waals surface area contributed by atoms with E-state index < -0.39 is 4.92 Å². The summed E-state index contributed by atoms with van der Waals surface area (Å²) in [7, 11) is 0. The van der Waals surface area contributed by atoms with Crippen LogP contribution in [0.1, 0.15) is 25.8 Å². The van der Waals surface area contributed by atoms with Gasteiger partial charge in [-0.25, -0.2) is 0 Å². The van der Waals surface area contributed by atoms with Gasteiger partial charge in [-0.2, -0.15) is 0 Å². The maximum atomic E-state index is 10.8. The Bertz CT molecular complexity index is 438. The molecule has 0 aliphatic carbocycles. The van der Waals surface area contributed by atoms with E-state index in [2.05, 4.69) is 28.2 Å². The summed E-state index contributed by atoms with van der Waals surface area (Å²) < 4.78 is 0.490. The van der Waals surface area contributed by atoms with Crippen LogP contribution in [0.15, 0.2) is 22.7 Å². The predicted octanol–water partition coefficient (Wildman–Crippen LogP) is 2.85. The van der Waals surface area contributed by atoms with E-state index in [9.17, 15) is 15.2 Å². The number of rotatable bonds is 7. The molecule has 0 heterocycles. The average molecular weight is 331 g/mol. The van der Waals surface area contributed by atoms with E-state index in [1.165, 1.54) is 0 Å². The van der Waals surface area contributed by atoms with Crippen molar-refractivity contribution >= 4 is 21.6 Å². The largest absolute Gasteiger partial charge is 0.393 e. The minimum absolute atomic E-state index is 0.0799. The molecule has 19 heavy (non-hydrogen) atoms. The highest BCUT2D eigenvalue weighted by Crippen LogP contribution is 2.25. The Balaban J connectivity index is 2.50. The van der Waals surface area contributed by atoms with Crippen LogP contribution < -0.4 is 5.32 Å². The Morgan fingerprint density at radius 1 is 1.47 bits per heavy atom. The lowest BCUT2D eigenvalue weighted by Crippen LogP contribution is -2.23. The number of aliphatic hydroxyl groups excluding tert-OH is 1. The van der Waals surface area contributed by atoms with Crippen LogP contribution in [0.4, 0.5) is 5.69 Å². The number of nitrogens with one attached hydrogen (secondary N) is 1. The molecule has 0 aliphatic heterocycles. The lowest BCUT2D eigenvalue weighted by molar-refractivity contribution is -0.385. The predicted molar refractivity (Wildman–Crippen MR) is 78.0 cm³/mol. The van der Waals surface area contributed by atoms with Crippen molar-refractivity contribution in [1.82, 2.24) is 5.32 Å². The van der Waals surface area contributed by atoms with Gasteiger partial charge in [-0.15, -0.1) is 0 Å². The van der Waals surface area contributed by atoms with E-state index in [1.807, 2.05) is 6.07 Å². The average Bonchev–Trinajstić information content (AvgIpc) is 2.30. The Morgan fingerprint density at radius 2 is 2.16 bits per heavy atom. The highest BCUT2D eigenvalue weighted by molar-refractivity contribution is 9.10. The van der Waals surface area contributed by atoms with Crippen molar-refractivity contribution in [1.29, 1.82) is 0 Å². The standard InChI is InChI=1S/C13H19BrN2O3/c1-9(5-10(2)17)7-15-8-11-3-4-12(14)13(6-11)16(18)19/h3-4,6,9-10,15,17H,5,7-8H2,1-2H3. The molecule has 2 atom stereocenters. The van der Waals surface area contributed by atoms with Gasteiger partial charge in [-0.05, 0) is 53.4 Å². The zero-order chi connectivity index (χ0) is 14.4. The second-order valence-electron chi connectivity index (χ2n) is 4.86. The van der Waals surface area contributed by atoms with Gasteiger partial charge in [0.1, 0.15) is 0 Å². The van der Waals surface area contributed by atoms with Gasteiger partial charge in [0.25, 0.3) is 5.69 Å². The first-order valence-electron chi connectivity index (χ1n) is 6.21. The molecule has 0 saturated heterocycles. The van der Waals surface area contributed by atoms with Crippen LogP contribution in [-0.4, -0.2) is 22.7 Å². The van der Waals surface area contributed by atoms with E-state index in [1.54, 1.807) is 19.1 Å². The summed E-state index contributed by atoms with van der Waals surface area (Å²) in [6.45, 7) is 5.19. The third-order valence-corrected chi connectivity index (χ3v) is 3.44. The second kappa shape index (κ2) is 7.57. The quantitative estimate of drug-likeness (QED) is 0.595. The molecule has 0 amide bonds. The Labute approximate surface area is 121 Å². The van der Waals surface area contributed by atoms with Gasteiger partial charge in [0.05, 0.1) is 15.5 Å². The fraction of sp³-hybridized carbons (Fsp3) is 0.538. The van der Waals surface area contributed by atoms with Crippen LogP contribution in [0, 0.1) is 16.0 Å². The summed E-state index contributed by atoms with van der Waals surface area (Å²) in [5, 5.41) is 23.3. The number of nitrogens with zero attached hydrogens (tertiary/aromatic N) is 1. The maximum Gasteiger partial charge on any atom is 0.283 e. The summed E-state index contributed by atoms with van der Waals surface area (Å²) in [5.74, 6) is 0.366. The van der Waals surface area contributed by atoms with E-state index in [4.69, 9.17) is 0 Å².